The number of unbranched alkanes of at least 4 members (excludes halogenated alkanes) is 1. The fraction of sp³-hybridized carbons (Fsp3) is 0.389. The van der Waals surface area contributed by atoms with E-state index in [1.165, 1.54) is 12.0 Å². The van der Waals surface area contributed by atoms with Crippen LogP contribution >= 0.6 is 0 Å². The summed E-state index contributed by atoms with van der Waals surface area (Å²) in [5.41, 5.74) is 2.73. The Morgan fingerprint density at radius 1 is 1.17 bits per heavy atom. The molecule has 3 aromatic rings. The molecule has 120 valence electrons. The van der Waals surface area contributed by atoms with Crippen LogP contribution in [0.1, 0.15) is 38.7 Å². The highest BCUT2D eigenvalue weighted by Gasteiger charge is 2.10. The van der Waals surface area contributed by atoms with Crippen LogP contribution in [-0.2, 0) is 6.54 Å². The highest BCUT2D eigenvalue weighted by Crippen LogP contribution is 2.16. The molecule has 0 amide bonds. The van der Waals surface area contributed by atoms with Crippen LogP contribution in [0, 0.1) is 0 Å². The lowest BCUT2D eigenvalue weighted by Crippen LogP contribution is -2.12. The molecule has 23 heavy (non-hydrogen) atoms. The summed E-state index contributed by atoms with van der Waals surface area (Å²) in [7, 11) is 0. The number of hydrogen-bond donors (Lipinski definition) is 0. The van der Waals surface area contributed by atoms with E-state index < -0.39 is 0 Å². The quantitative estimate of drug-likeness (QED) is 0.665. The number of benzene rings is 1. The molecule has 5 nitrogen and oxygen atoms in total. The van der Waals surface area contributed by atoms with Crippen molar-refractivity contribution in [2.24, 2.45) is 0 Å². The predicted molar refractivity (Wildman–Crippen MR) is 90.5 cm³/mol. The number of nitrogens with zero attached hydrogens (tertiary/aromatic N) is 4. The lowest BCUT2D eigenvalue weighted by atomic mass is 10.2. The van der Waals surface area contributed by atoms with Crippen molar-refractivity contribution >= 4 is 11.2 Å². The fourth-order valence-corrected chi connectivity index (χ4v) is 2.53. The molecule has 0 aliphatic carbocycles. The molecule has 3 rings (SSSR count). The summed E-state index contributed by atoms with van der Waals surface area (Å²) < 4.78 is 7.70. The highest BCUT2D eigenvalue weighted by molar-refractivity contribution is 5.69. The zero-order chi connectivity index (χ0) is 16.1. The Morgan fingerprint density at radius 3 is 2.78 bits per heavy atom. The second-order valence-corrected chi connectivity index (χ2v) is 5.78. The fourth-order valence-electron chi connectivity index (χ4n) is 2.53. The second kappa shape index (κ2) is 7.22. The minimum atomic E-state index is 0.154. The molecule has 2 heterocycles. The molecule has 0 fully saturated rings. The molecular formula is C18H22N4O. The third kappa shape index (κ3) is 3.86. The van der Waals surface area contributed by atoms with Gasteiger partial charge in [0.25, 0.3) is 0 Å². The van der Waals surface area contributed by atoms with Gasteiger partial charge in [-0.2, -0.15) is 5.10 Å². The Balaban J connectivity index is 1.75. The van der Waals surface area contributed by atoms with Crippen LogP contribution in [0.4, 0.5) is 0 Å². The van der Waals surface area contributed by atoms with Crippen molar-refractivity contribution in [2.45, 2.75) is 45.8 Å². The molecule has 0 radical (unpaired) electrons. The first-order chi connectivity index (χ1) is 11.3. The second-order valence-electron chi connectivity index (χ2n) is 5.78. The minimum Gasteiger partial charge on any atom is -0.474 e. The maximum absolute atomic E-state index is 5.84. The third-order valence-electron chi connectivity index (χ3n) is 3.78. The van der Waals surface area contributed by atoms with Gasteiger partial charge in [0.1, 0.15) is 5.52 Å². The highest BCUT2D eigenvalue weighted by atomic mass is 16.5. The Morgan fingerprint density at radius 2 is 2.00 bits per heavy atom. The van der Waals surface area contributed by atoms with Gasteiger partial charge in [-0.1, -0.05) is 50.1 Å². The van der Waals surface area contributed by atoms with Crippen LogP contribution in [0.3, 0.4) is 0 Å². The molecule has 1 atom stereocenters. The molecular weight excluding hydrogens is 288 g/mol. The van der Waals surface area contributed by atoms with Crippen LogP contribution in [0.5, 0.6) is 5.88 Å². The molecule has 1 aromatic carbocycles. The molecule has 0 bridgehead atoms. The van der Waals surface area contributed by atoms with E-state index in [1.807, 2.05) is 22.9 Å². The standard InChI is InChI=1S/C18H22N4O/c1-3-4-8-14(2)23-17-12-19-18-16(21-17)11-20-22(18)13-15-9-6-5-7-10-15/h5-7,9-12,14H,3-4,8,13H2,1-2H3. The smallest absolute Gasteiger partial charge is 0.233 e. The van der Waals surface area contributed by atoms with E-state index >= 15 is 0 Å². The number of hydrogen-bond acceptors (Lipinski definition) is 4. The minimum absolute atomic E-state index is 0.154. The molecule has 1 unspecified atom stereocenters. The van der Waals surface area contributed by atoms with Crippen LogP contribution < -0.4 is 4.74 Å². The average Bonchev–Trinajstić information content (AvgIpc) is 2.96. The average molecular weight is 310 g/mol. The van der Waals surface area contributed by atoms with Crippen molar-refractivity contribution in [2.75, 3.05) is 0 Å². The van der Waals surface area contributed by atoms with E-state index in [0.29, 0.717) is 12.4 Å². The SMILES string of the molecule is CCCCC(C)Oc1cnc2c(cnn2Cc2ccccc2)n1. The predicted octanol–water partition coefficient (Wildman–Crippen LogP) is 3.83. The van der Waals surface area contributed by atoms with E-state index in [9.17, 15) is 0 Å². The molecule has 0 saturated heterocycles. The van der Waals surface area contributed by atoms with Gasteiger partial charge >= 0.3 is 0 Å². The molecule has 5 heteroatoms. The van der Waals surface area contributed by atoms with E-state index in [-0.39, 0.29) is 6.10 Å². The summed E-state index contributed by atoms with van der Waals surface area (Å²) in [5.74, 6) is 0.570. The van der Waals surface area contributed by atoms with Gasteiger partial charge < -0.3 is 4.74 Å². The van der Waals surface area contributed by atoms with Crippen molar-refractivity contribution in [3.05, 3.63) is 48.3 Å². The first-order valence-electron chi connectivity index (χ1n) is 8.15. The van der Waals surface area contributed by atoms with E-state index in [4.69, 9.17) is 4.74 Å². The molecule has 2 aromatic heterocycles. The van der Waals surface area contributed by atoms with E-state index in [0.717, 1.165) is 24.0 Å². The van der Waals surface area contributed by atoms with Crippen molar-refractivity contribution in [1.82, 2.24) is 19.7 Å². The van der Waals surface area contributed by atoms with Gasteiger partial charge in [-0.15, -0.1) is 0 Å². The summed E-state index contributed by atoms with van der Waals surface area (Å²) in [6, 6.07) is 10.2. The van der Waals surface area contributed by atoms with Crippen LogP contribution in [0.25, 0.3) is 11.2 Å². The van der Waals surface area contributed by atoms with Crippen LogP contribution in [0.2, 0.25) is 0 Å². The largest absolute Gasteiger partial charge is 0.474 e. The Hall–Kier alpha value is -2.43. The van der Waals surface area contributed by atoms with Crippen molar-refractivity contribution in [1.29, 1.82) is 0 Å². The van der Waals surface area contributed by atoms with Crippen LogP contribution in [-0.4, -0.2) is 25.9 Å². The van der Waals surface area contributed by atoms with E-state index in [1.54, 1.807) is 12.4 Å². The van der Waals surface area contributed by atoms with Gasteiger partial charge in [0.15, 0.2) is 5.65 Å². The van der Waals surface area contributed by atoms with Gasteiger partial charge in [-0.25, -0.2) is 14.6 Å². The van der Waals surface area contributed by atoms with Crippen molar-refractivity contribution in [3.8, 4) is 5.88 Å². The number of rotatable bonds is 7. The van der Waals surface area contributed by atoms with Crippen molar-refractivity contribution < 1.29 is 4.74 Å². The lowest BCUT2D eigenvalue weighted by molar-refractivity contribution is 0.199. The van der Waals surface area contributed by atoms with Crippen LogP contribution in [0.15, 0.2) is 42.7 Å². The monoisotopic (exact) mass is 310 g/mol. The summed E-state index contributed by atoms with van der Waals surface area (Å²) in [6.45, 7) is 4.94. The summed E-state index contributed by atoms with van der Waals surface area (Å²) in [4.78, 5) is 9.00. The molecule has 0 saturated carbocycles. The van der Waals surface area contributed by atoms with Gasteiger partial charge in [0.05, 0.1) is 25.0 Å². The molecule has 0 N–H and O–H groups in total. The van der Waals surface area contributed by atoms with E-state index in [2.05, 4.69) is 41.0 Å². The first-order valence-corrected chi connectivity index (χ1v) is 8.15. The van der Waals surface area contributed by atoms with Gasteiger partial charge in [0.2, 0.25) is 5.88 Å². The topological polar surface area (TPSA) is 52.8 Å². The Kier molecular flexibility index (Phi) is 4.86. The first kappa shape index (κ1) is 15.5. The number of ether oxygens (including phenoxy) is 1. The maximum atomic E-state index is 5.84. The van der Waals surface area contributed by atoms with Gasteiger partial charge in [-0.3, -0.25) is 0 Å². The van der Waals surface area contributed by atoms with Gasteiger partial charge in [0, 0.05) is 0 Å². The number of fused-ring (bicyclic) bond motifs is 1. The third-order valence-corrected chi connectivity index (χ3v) is 3.78. The normalized spacial score (nSPS) is 12.4. The maximum Gasteiger partial charge on any atom is 0.233 e. The molecule has 0 aliphatic rings. The lowest BCUT2D eigenvalue weighted by Gasteiger charge is -2.12. The Labute approximate surface area is 136 Å². The summed E-state index contributed by atoms with van der Waals surface area (Å²) in [5, 5.41) is 4.40. The summed E-state index contributed by atoms with van der Waals surface area (Å²) in [6.07, 6.45) is 6.95. The molecule has 0 aliphatic heterocycles. The van der Waals surface area contributed by atoms with Gasteiger partial charge in [-0.05, 0) is 18.9 Å². The zero-order valence-electron chi connectivity index (χ0n) is 13.6. The number of aromatic nitrogens is 4. The molecule has 0 spiro atoms. The van der Waals surface area contributed by atoms with Crippen molar-refractivity contribution in [3.63, 3.8) is 0 Å². The summed E-state index contributed by atoms with van der Waals surface area (Å²) >= 11 is 0. The Bertz CT molecular complexity index is 754. The zero-order valence-corrected chi connectivity index (χ0v) is 13.6.